The molecular weight excluding hydrogens is 544 g/mol. The van der Waals surface area contributed by atoms with Crippen LogP contribution in [0.15, 0.2) is 91.0 Å². The first kappa shape index (κ1) is 31.5. The van der Waals surface area contributed by atoms with Crippen molar-refractivity contribution in [2.75, 3.05) is 39.3 Å². The number of hydrogen-bond acceptors (Lipinski definition) is 4. The van der Waals surface area contributed by atoms with Gasteiger partial charge in [0.15, 0.2) is 0 Å². The normalized spacial score (nSPS) is 17.6. The van der Waals surface area contributed by atoms with Crippen LogP contribution in [0.25, 0.3) is 6.08 Å². The quantitative estimate of drug-likeness (QED) is 0.256. The zero-order valence-corrected chi connectivity index (χ0v) is 25.5. The molecule has 4 rings (SSSR count). The van der Waals surface area contributed by atoms with E-state index < -0.39 is 0 Å². The summed E-state index contributed by atoms with van der Waals surface area (Å²) >= 11 is 5.96. The number of nitrogens with zero attached hydrogens (tertiary/aromatic N) is 2. The summed E-state index contributed by atoms with van der Waals surface area (Å²) in [5, 5.41) is 7.31. The van der Waals surface area contributed by atoms with Crippen LogP contribution in [0.3, 0.4) is 0 Å². The first-order chi connectivity index (χ1) is 20.5. The van der Waals surface area contributed by atoms with Crippen molar-refractivity contribution in [1.29, 1.82) is 0 Å². The SMILES string of the molecule is CCN(CC)CC[C@@H]1N[C@H](CNC(=O)C=Cc2ccc(Cl)cc2)CCN(CC(c2ccccc2)c2ccccc2)C1=O. The Morgan fingerprint density at radius 1 is 1.00 bits per heavy atom. The van der Waals surface area contributed by atoms with E-state index in [2.05, 4.69) is 77.9 Å². The molecule has 0 saturated carbocycles. The van der Waals surface area contributed by atoms with Crippen LogP contribution < -0.4 is 10.6 Å². The van der Waals surface area contributed by atoms with Crippen molar-refractivity contribution in [3.63, 3.8) is 0 Å². The van der Waals surface area contributed by atoms with Crippen molar-refractivity contribution in [2.45, 2.75) is 44.7 Å². The van der Waals surface area contributed by atoms with Crippen LogP contribution in [0, 0.1) is 0 Å². The van der Waals surface area contributed by atoms with Crippen LogP contribution in [0.1, 0.15) is 49.3 Å². The third-order valence-corrected chi connectivity index (χ3v) is 8.30. The predicted molar refractivity (Wildman–Crippen MR) is 173 cm³/mol. The highest BCUT2D eigenvalue weighted by atomic mass is 35.5. The summed E-state index contributed by atoms with van der Waals surface area (Å²) < 4.78 is 0. The highest BCUT2D eigenvalue weighted by molar-refractivity contribution is 6.30. The van der Waals surface area contributed by atoms with Crippen LogP contribution in [0.2, 0.25) is 5.02 Å². The fourth-order valence-electron chi connectivity index (χ4n) is 5.50. The zero-order valence-electron chi connectivity index (χ0n) is 24.7. The van der Waals surface area contributed by atoms with Crippen molar-refractivity contribution in [1.82, 2.24) is 20.4 Å². The monoisotopic (exact) mass is 586 g/mol. The Kier molecular flexibility index (Phi) is 12.2. The van der Waals surface area contributed by atoms with Gasteiger partial charge < -0.3 is 20.4 Å². The number of amides is 2. The van der Waals surface area contributed by atoms with Crippen molar-refractivity contribution in [2.24, 2.45) is 0 Å². The summed E-state index contributed by atoms with van der Waals surface area (Å²) in [4.78, 5) is 31.1. The average molecular weight is 587 g/mol. The highest BCUT2D eigenvalue weighted by Gasteiger charge is 2.32. The second kappa shape index (κ2) is 16.3. The Morgan fingerprint density at radius 2 is 1.62 bits per heavy atom. The molecule has 222 valence electrons. The van der Waals surface area contributed by atoms with Gasteiger partial charge in [-0.2, -0.15) is 0 Å². The van der Waals surface area contributed by atoms with E-state index in [1.54, 1.807) is 24.3 Å². The Morgan fingerprint density at radius 3 is 2.21 bits per heavy atom. The summed E-state index contributed by atoms with van der Waals surface area (Å²) in [6.45, 7) is 8.73. The van der Waals surface area contributed by atoms with Gasteiger partial charge in [0.05, 0.1) is 6.04 Å². The van der Waals surface area contributed by atoms with E-state index in [0.717, 1.165) is 38.0 Å². The standard InChI is InChI=1S/C35H43ClN4O2/c1-3-39(4-2)23-22-33-35(42)40(26-32(28-11-7-5-8-12-28)29-13-9-6-10-14-29)24-21-31(38-33)25-37-34(41)20-17-27-15-18-30(36)19-16-27/h5-20,31-33,38H,3-4,21-26H2,1-2H3,(H,37,41)/t31-,33-/m0/s1. The van der Waals surface area contributed by atoms with E-state index >= 15 is 0 Å². The summed E-state index contributed by atoms with van der Waals surface area (Å²) in [6.07, 6.45) is 4.79. The van der Waals surface area contributed by atoms with Gasteiger partial charge in [-0.05, 0) is 60.8 Å². The van der Waals surface area contributed by atoms with E-state index in [4.69, 9.17) is 11.6 Å². The molecule has 0 aromatic heterocycles. The Hall–Kier alpha value is -3.45. The summed E-state index contributed by atoms with van der Waals surface area (Å²) in [7, 11) is 0. The fourth-order valence-corrected chi connectivity index (χ4v) is 5.63. The van der Waals surface area contributed by atoms with Crippen LogP contribution in [0.4, 0.5) is 0 Å². The van der Waals surface area contributed by atoms with Crippen molar-refractivity contribution >= 4 is 29.5 Å². The Bertz CT molecular complexity index is 1240. The lowest BCUT2D eigenvalue weighted by Gasteiger charge is -2.30. The van der Waals surface area contributed by atoms with E-state index in [0.29, 0.717) is 24.7 Å². The van der Waals surface area contributed by atoms with E-state index in [-0.39, 0.29) is 29.8 Å². The highest BCUT2D eigenvalue weighted by Crippen LogP contribution is 2.27. The van der Waals surface area contributed by atoms with E-state index in [9.17, 15) is 9.59 Å². The topological polar surface area (TPSA) is 64.7 Å². The molecule has 7 heteroatoms. The van der Waals surface area contributed by atoms with Crippen molar-refractivity contribution < 1.29 is 9.59 Å². The number of nitrogens with one attached hydrogen (secondary N) is 2. The van der Waals surface area contributed by atoms with Gasteiger partial charge in [-0.1, -0.05) is 98.2 Å². The average Bonchev–Trinajstić information content (AvgIpc) is 3.17. The molecule has 1 heterocycles. The molecule has 42 heavy (non-hydrogen) atoms. The first-order valence-electron chi connectivity index (χ1n) is 15.0. The smallest absolute Gasteiger partial charge is 0.244 e. The minimum atomic E-state index is -0.313. The lowest BCUT2D eigenvalue weighted by atomic mass is 9.90. The van der Waals surface area contributed by atoms with Gasteiger partial charge in [-0.15, -0.1) is 0 Å². The lowest BCUT2D eigenvalue weighted by molar-refractivity contribution is -0.133. The first-order valence-corrected chi connectivity index (χ1v) is 15.4. The van der Waals surface area contributed by atoms with Gasteiger partial charge in [0.1, 0.15) is 0 Å². The van der Waals surface area contributed by atoms with Crippen LogP contribution >= 0.6 is 11.6 Å². The molecule has 0 aliphatic carbocycles. The second-order valence-corrected chi connectivity index (χ2v) is 11.2. The molecule has 6 nitrogen and oxygen atoms in total. The molecule has 1 fully saturated rings. The minimum Gasteiger partial charge on any atom is -0.351 e. The van der Waals surface area contributed by atoms with Crippen molar-refractivity contribution in [3.05, 3.63) is 113 Å². The van der Waals surface area contributed by atoms with E-state index in [1.165, 1.54) is 11.1 Å². The molecule has 0 unspecified atom stereocenters. The van der Waals surface area contributed by atoms with Gasteiger partial charge in [-0.3, -0.25) is 9.59 Å². The maximum atomic E-state index is 14.0. The number of benzene rings is 3. The third-order valence-electron chi connectivity index (χ3n) is 8.05. The molecule has 1 saturated heterocycles. The predicted octanol–water partition coefficient (Wildman–Crippen LogP) is 5.59. The molecule has 1 aliphatic heterocycles. The largest absolute Gasteiger partial charge is 0.351 e. The van der Waals surface area contributed by atoms with Gasteiger partial charge in [0.25, 0.3) is 0 Å². The summed E-state index contributed by atoms with van der Waals surface area (Å²) in [5.74, 6) is 0.0524. The maximum Gasteiger partial charge on any atom is 0.244 e. The van der Waals surface area contributed by atoms with Gasteiger partial charge in [0.2, 0.25) is 11.8 Å². The molecular formula is C35H43ClN4O2. The fraction of sp³-hybridized carbons (Fsp3) is 0.371. The Balaban J connectivity index is 1.47. The molecule has 2 atom stereocenters. The zero-order chi connectivity index (χ0) is 29.7. The van der Waals surface area contributed by atoms with E-state index in [1.807, 2.05) is 29.2 Å². The third kappa shape index (κ3) is 9.28. The maximum absolute atomic E-state index is 14.0. The van der Waals surface area contributed by atoms with Crippen LogP contribution in [-0.2, 0) is 9.59 Å². The van der Waals surface area contributed by atoms with Gasteiger partial charge >= 0.3 is 0 Å². The number of rotatable bonds is 13. The molecule has 0 radical (unpaired) electrons. The molecule has 0 spiro atoms. The minimum absolute atomic E-state index is 0.0135. The number of hydrogen-bond donors (Lipinski definition) is 2. The molecule has 3 aromatic carbocycles. The van der Waals surface area contributed by atoms with Gasteiger partial charge in [-0.25, -0.2) is 0 Å². The number of halogens is 1. The van der Waals surface area contributed by atoms with Crippen LogP contribution in [-0.4, -0.2) is 73.0 Å². The molecule has 0 bridgehead atoms. The van der Waals surface area contributed by atoms with Gasteiger partial charge in [0, 0.05) is 49.2 Å². The molecule has 1 aliphatic rings. The summed E-state index contributed by atoms with van der Waals surface area (Å²) in [6, 6.07) is 27.9. The molecule has 3 aromatic rings. The summed E-state index contributed by atoms with van der Waals surface area (Å²) in [5.41, 5.74) is 3.31. The van der Waals surface area contributed by atoms with Crippen LogP contribution in [0.5, 0.6) is 0 Å². The second-order valence-electron chi connectivity index (χ2n) is 10.8. The lowest BCUT2D eigenvalue weighted by Crippen LogP contribution is -2.50. The van der Waals surface area contributed by atoms with Crippen molar-refractivity contribution in [3.8, 4) is 0 Å². The molecule has 2 amide bonds. The number of carbonyl (C=O) groups is 2. The molecule has 2 N–H and O–H groups in total. The Labute approximate surface area is 255 Å². The number of carbonyl (C=O) groups excluding carboxylic acids is 2.